The van der Waals surface area contributed by atoms with Gasteiger partial charge in [0.2, 0.25) is 5.13 Å². The number of hydrogen-bond acceptors (Lipinski definition) is 9. The molecule has 3 aromatic rings. The van der Waals surface area contributed by atoms with Crippen molar-refractivity contribution < 1.29 is 32.1 Å². The van der Waals surface area contributed by atoms with Crippen molar-refractivity contribution >= 4 is 26.7 Å². The molecule has 0 amide bonds. The Balaban J connectivity index is 1.80. The second kappa shape index (κ2) is 8.88. The van der Waals surface area contributed by atoms with Crippen LogP contribution in [0.1, 0.15) is 23.7 Å². The minimum Gasteiger partial charge on any atom is -0.497 e. The molecule has 0 saturated carbocycles. The second-order valence-corrected chi connectivity index (χ2v) is 9.48. The van der Waals surface area contributed by atoms with E-state index in [4.69, 9.17) is 14.2 Å². The van der Waals surface area contributed by atoms with Crippen LogP contribution in [-0.4, -0.2) is 43.7 Å². The maximum absolute atomic E-state index is 15.0. The lowest BCUT2D eigenvalue weighted by Crippen LogP contribution is -2.31. The molecule has 2 heterocycles. The maximum Gasteiger partial charge on any atom is 0.269 e. The molecule has 0 saturated heterocycles. The third-order valence-corrected chi connectivity index (χ3v) is 7.57. The highest BCUT2D eigenvalue weighted by Crippen LogP contribution is 2.38. The van der Waals surface area contributed by atoms with Gasteiger partial charge in [-0.1, -0.05) is 0 Å². The molecule has 170 valence electrons. The molecule has 0 bridgehead atoms. The minimum atomic E-state index is -4.43. The topological polar surface area (TPSA) is 111 Å². The average Bonchev–Trinajstić information content (AvgIpc) is 3.31. The molecule has 2 aromatic carbocycles. The lowest BCUT2D eigenvalue weighted by atomic mass is 10.0. The Morgan fingerprint density at radius 2 is 2.09 bits per heavy atom. The van der Waals surface area contributed by atoms with E-state index in [1.165, 1.54) is 20.5 Å². The number of methoxy groups -OCH3 is 2. The number of aromatic nitrogens is 2. The van der Waals surface area contributed by atoms with E-state index in [0.29, 0.717) is 23.5 Å². The molecule has 1 unspecified atom stereocenters. The molecule has 1 aliphatic heterocycles. The number of rotatable bonds is 7. The number of sulfonamides is 1. The lowest BCUT2D eigenvalue weighted by Gasteiger charge is -2.26. The van der Waals surface area contributed by atoms with Crippen LogP contribution < -0.4 is 18.5 Å². The van der Waals surface area contributed by atoms with Gasteiger partial charge >= 0.3 is 0 Å². The van der Waals surface area contributed by atoms with Gasteiger partial charge in [0.15, 0.2) is 0 Å². The summed E-state index contributed by atoms with van der Waals surface area (Å²) < 4.78 is 63.0. The zero-order valence-corrected chi connectivity index (χ0v) is 18.8. The first kappa shape index (κ1) is 22.2. The van der Waals surface area contributed by atoms with Gasteiger partial charge in [-0.2, -0.15) is 4.37 Å². The molecule has 0 spiro atoms. The number of anilines is 1. The summed E-state index contributed by atoms with van der Waals surface area (Å²) in [5, 5.41) is 10.1. The molecule has 32 heavy (non-hydrogen) atoms. The fourth-order valence-corrected chi connectivity index (χ4v) is 5.55. The predicted octanol–water partition coefficient (Wildman–Crippen LogP) is 2.91. The Labute approximate surface area is 188 Å². The van der Waals surface area contributed by atoms with E-state index in [1.54, 1.807) is 18.2 Å². The summed E-state index contributed by atoms with van der Waals surface area (Å²) in [6.45, 7) is 0.00709. The number of fused-ring (bicyclic) bond motifs is 1. The third-order valence-electron chi connectivity index (χ3n) is 5.01. The first-order chi connectivity index (χ1) is 15.3. The van der Waals surface area contributed by atoms with Crippen molar-refractivity contribution in [1.29, 1.82) is 0 Å². The second-order valence-electron chi connectivity index (χ2n) is 6.89. The van der Waals surface area contributed by atoms with E-state index in [9.17, 15) is 17.9 Å². The third kappa shape index (κ3) is 4.08. The van der Waals surface area contributed by atoms with Crippen LogP contribution in [0.15, 0.2) is 41.6 Å². The number of ether oxygens (including phenoxy) is 3. The molecular weight excluding hydrogens is 461 g/mol. The molecule has 1 aliphatic rings. The molecule has 0 fully saturated rings. The molecule has 0 radical (unpaired) electrons. The summed E-state index contributed by atoms with van der Waals surface area (Å²) in [4.78, 5) is 3.43. The molecular formula is C20H20FN3O6S2. The molecule has 0 aliphatic carbocycles. The zero-order chi connectivity index (χ0) is 22.9. The van der Waals surface area contributed by atoms with Crippen molar-refractivity contribution in [2.75, 3.05) is 25.1 Å². The summed E-state index contributed by atoms with van der Waals surface area (Å²) in [5.41, 5.74) is 0.726. The Hall–Kier alpha value is -2.96. The smallest absolute Gasteiger partial charge is 0.269 e. The Morgan fingerprint density at radius 3 is 2.78 bits per heavy atom. The molecule has 1 atom stereocenters. The van der Waals surface area contributed by atoms with Crippen LogP contribution in [0, 0.1) is 5.82 Å². The largest absolute Gasteiger partial charge is 0.497 e. The summed E-state index contributed by atoms with van der Waals surface area (Å²) in [5.74, 6) is 0.0614. The highest BCUT2D eigenvalue weighted by Gasteiger charge is 2.33. The summed E-state index contributed by atoms with van der Waals surface area (Å²) in [6, 6.07) is 7.04. The van der Waals surface area contributed by atoms with Crippen LogP contribution in [-0.2, 0) is 16.6 Å². The average molecular weight is 482 g/mol. The minimum absolute atomic E-state index is 0.0564. The molecule has 9 nitrogen and oxygen atoms in total. The predicted molar refractivity (Wildman–Crippen MR) is 114 cm³/mol. The van der Waals surface area contributed by atoms with Crippen LogP contribution in [0.3, 0.4) is 0 Å². The number of hydrogen-bond donors (Lipinski definition) is 1. The zero-order valence-electron chi connectivity index (χ0n) is 17.2. The fraction of sp³-hybridized carbons (Fsp3) is 0.300. The highest BCUT2D eigenvalue weighted by molar-refractivity contribution is 7.93. The number of halogens is 1. The van der Waals surface area contributed by atoms with Crippen molar-refractivity contribution in [3.8, 4) is 17.2 Å². The van der Waals surface area contributed by atoms with Crippen molar-refractivity contribution in [2.24, 2.45) is 0 Å². The number of benzene rings is 2. The van der Waals surface area contributed by atoms with Gasteiger partial charge in [0.05, 0.1) is 33.5 Å². The SMILES string of the molecule is COc1ccc(CN(c2ncns2)S(=O)(=O)c2cc3c(cc2F)C(O)CCO3)c(OC)c1. The van der Waals surface area contributed by atoms with Gasteiger partial charge in [0.25, 0.3) is 10.0 Å². The number of aliphatic hydroxyl groups excluding tert-OH is 1. The van der Waals surface area contributed by atoms with Crippen molar-refractivity contribution in [3.63, 3.8) is 0 Å². The van der Waals surface area contributed by atoms with E-state index in [2.05, 4.69) is 9.36 Å². The monoisotopic (exact) mass is 481 g/mol. The standard InChI is InChI=1S/C20H20FN3O6S2/c1-28-13-4-3-12(17(7-13)29-2)10-24(20-22-11-23-31-20)32(26,27)19-9-18-14(8-15(19)21)16(25)5-6-30-18/h3-4,7-9,11,16,25H,5-6,10H2,1-2H3. The molecule has 1 aromatic heterocycles. The van der Waals surface area contributed by atoms with Crippen LogP contribution >= 0.6 is 11.5 Å². The summed E-state index contributed by atoms with van der Waals surface area (Å²) >= 11 is 0.854. The van der Waals surface area contributed by atoms with E-state index < -0.39 is 26.8 Å². The Bertz CT molecular complexity index is 1220. The number of aliphatic hydroxyl groups is 1. The van der Waals surface area contributed by atoms with Crippen molar-refractivity contribution in [1.82, 2.24) is 9.36 Å². The van der Waals surface area contributed by atoms with Gasteiger partial charge in [0, 0.05) is 41.2 Å². The van der Waals surface area contributed by atoms with Crippen molar-refractivity contribution in [2.45, 2.75) is 24.0 Å². The molecule has 12 heteroatoms. The van der Waals surface area contributed by atoms with Gasteiger partial charge in [0.1, 0.15) is 34.3 Å². The van der Waals surface area contributed by atoms with Gasteiger partial charge in [-0.25, -0.2) is 22.1 Å². The fourth-order valence-electron chi connectivity index (χ4n) is 3.36. The summed E-state index contributed by atoms with van der Waals surface area (Å²) in [7, 11) is -1.47. The van der Waals surface area contributed by atoms with Gasteiger partial charge in [-0.05, 0) is 18.2 Å². The van der Waals surface area contributed by atoms with Gasteiger partial charge < -0.3 is 19.3 Å². The van der Waals surface area contributed by atoms with Crippen LogP contribution in [0.4, 0.5) is 9.52 Å². The highest BCUT2D eigenvalue weighted by atomic mass is 32.2. The molecule has 4 rings (SSSR count). The quantitative estimate of drug-likeness (QED) is 0.548. The first-order valence-corrected chi connectivity index (χ1v) is 11.7. The maximum atomic E-state index is 15.0. The van der Waals surface area contributed by atoms with Crippen molar-refractivity contribution in [3.05, 3.63) is 53.6 Å². The Kier molecular flexibility index (Phi) is 6.17. The van der Waals surface area contributed by atoms with E-state index in [1.807, 2.05) is 0 Å². The normalized spacial score (nSPS) is 15.6. The van der Waals surface area contributed by atoms with E-state index >= 15 is 0 Å². The van der Waals surface area contributed by atoms with E-state index in [0.717, 1.165) is 28.0 Å². The van der Waals surface area contributed by atoms with Crippen LogP contribution in [0.25, 0.3) is 0 Å². The van der Waals surface area contributed by atoms with Crippen LogP contribution in [0.2, 0.25) is 0 Å². The lowest BCUT2D eigenvalue weighted by molar-refractivity contribution is 0.114. The number of nitrogens with zero attached hydrogens (tertiary/aromatic N) is 3. The Morgan fingerprint density at radius 1 is 1.28 bits per heavy atom. The first-order valence-electron chi connectivity index (χ1n) is 9.49. The van der Waals surface area contributed by atoms with Crippen LogP contribution in [0.5, 0.6) is 17.2 Å². The van der Waals surface area contributed by atoms with E-state index in [-0.39, 0.29) is 29.6 Å². The molecule has 1 N–H and O–H groups in total. The van der Waals surface area contributed by atoms with Gasteiger partial charge in [-0.3, -0.25) is 0 Å². The summed E-state index contributed by atoms with van der Waals surface area (Å²) in [6.07, 6.45) is 0.594. The van der Waals surface area contributed by atoms with Gasteiger partial charge in [-0.15, -0.1) is 0 Å².